The molecule has 3 heterocycles. The molecule has 0 bridgehead atoms. The second-order valence-corrected chi connectivity index (χ2v) is 6.28. The maximum absolute atomic E-state index is 12.6. The van der Waals surface area contributed by atoms with Gasteiger partial charge in [-0.2, -0.15) is 0 Å². The van der Waals surface area contributed by atoms with Crippen LogP contribution in [0, 0.1) is 0 Å². The summed E-state index contributed by atoms with van der Waals surface area (Å²) < 4.78 is 6.30. The largest absolute Gasteiger partial charge is 0.502 e. The third kappa shape index (κ3) is 3.67. The zero-order valence-corrected chi connectivity index (χ0v) is 15.6. The van der Waals surface area contributed by atoms with Crippen LogP contribution in [-0.2, 0) is 11.3 Å². The molecule has 2 aromatic rings. The number of fused-ring (bicyclic) bond motifs is 1. The molecule has 148 valence electrons. The fraction of sp³-hybridized carbons (Fsp3) is 0.333. The lowest BCUT2D eigenvalue weighted by molar-refractivity contribution is 0.0629. The predicted octanol–water partition coefficient (Wildman–Crippen LogP) is -0.494. The summed E-state index contributed by atoms with van der Waals surface area (Å²) in [6, 6.07) is 5.27. The van der Waals surface area contributed by atoms with Gasteiger partial charge in [-0.3, -0.25) is 29.1 Å². The molecule has 1 aliphatic rings. The molecule has 0 saturated carbocycles. The van der Waals surface area contributed by atoms with Crippen molar-refractivity contribution < 1.29 is 19.4 Å². The first-order chi connectivity index (χ1) is 13.4. The van der Waals surface area contributed by atoms with Crippen LogP contribution in [0.5, 0.6) is 5.75 Å². The molecule has 2 aromatic heterocycles. The zero-order chi connectivity index (χ0) is 20.3. The Kier molecular flexibility index (Phi) is 5.59. The van der Waals surface area contributed by atoms with Crippen LogP contribution < -0.4 is 15.8 Å². The average molecular weight is 387 g/mol. The minimum Gasteiger partial charge on any atom is -0.502 e. The fourth-order valence-electron chi connectivity index (χ4n) is 2.89. The first kappa shape index (κ1) is 19.4. The van der Waals surface area contributed by atoms with E-state index in [2.05, 4.69) is 10.3 Å². The summed E-state index contributed by atoms with van der Waals surface area (Å²) in [5.74, 6) is -1.93. The number of ether oxygens (including phenoxy) is 1. The average Bonchev–Trinajstić information content (AvgIpc) is 2.70. The van der Waals surface area contributed by atoms with Gasteiger partial charge in [-0.05, 0) is 12.1 Å². The molecule has 0 aliphatic carbocycles. The Balaban J connectivity index is 1.89. The van der Waals surface area contributed by atoms with Crippen molar-refractivity contribution in [3.63, 3.8) is 0 Å². The van der Waals surface area contributed by atoms with Crippen LogP contribution in [0.25, 0.3) is 0 Å². The molecule has 10 nitrogen and oxygen atoms in total. The highest BCUT2D eigenvalue weighted by molar-refractivity contribution is 5.99. The highest BCUT2D eigenvalue weighted by atomic mass is 16.5. The summed E-state index contributed by atoms with van der Waals surface area (Å²) in [7, 11) is 3.19. The van der Waals surface area contributed by atoms with E-state index >= 15 is 0 Å². The second-order valence-electron chi connectivity index (χ2n) is 6.28. The second kappa shape index (κ2) is 8.09. The molecule has 10 heteroatoms. The van der Waals surface area contributed by atoms with Gasteiger partial charge in [0.05, 0.1) is 18.8 Å². The number of methoxy groups -OCH3 is 1. The summed E-state index contributed by atoms with van der Waals surface area (Å²) >= 11 is 0. The van der Waals surface area contributed by atoms with Crippen molar-refractivity contribution in [2.45, 2.75) is 6.54 Å². The molecule has 0 aromatic carbocycles. The molecule has 0 saturated heterocycles. The van der Waals surface area contributed by atoms with E-state index in [0.717, 1.165) is 0 Å². The monoisotopic (exact) mass is 387 g/mol. The molecule has 2 amide bonds. The number of nitrogens with zero attached hydrogens (tertiary/aromatic N) is 4. The van der Waals surface area contributed by atoms with Gasteiger partial charge in [0.15, 0.2) is 11.4 Å². The lowest BCUT2D eigenvalue weighted by Crippen LogP contribution is -2.53. The number of aromatic nitrogens is 2. The number of hydrogen-bond acceptors (Lipinski definition) is 7. The molecule has 2 N–H and O–H groups in total. The summed E-state index contributed by atoms with van der Waals surface area (Å²) in [6.45, 7) is 0.964. The molecule has 0 atom stereocenters. The normalized spacial score (nSPS) is 13.4. The molecule has 0 fully saturated rings. The Bertz CT molecular complexity index is 943. The number of nitrogens with one attached hydrogen (secondary N) is 1. The van der Waals surface area contributed by atoms with E-state index in [0.29, 0.717) is 18.8 Å². The maximum Gasteiger partial charge on any atom is 0.277 e. The number of carbonyl (C=O) groups excluding carboxylic acids is 2. The van der Waals surface area contributed by atoms with Gasteiger partial charge in [0.1, 0.15) is 12.2 Å². The van der Waals surface area contributed by atoms with Gasteiger partial charge in [0, 0.05) is 33.1 Å². The Morgan fingerprint density at radius 3 is 2.82 bits per heavy atom. The number of hydrogen-bond donors (Lipinski definition) is 2. The van der Waals surface area contributed by atoms with Crippen molar-refractivity contribution in [2.75, 3.05) is 39.0 Å². The first-order valence-electron chi connectivity index (χ1n) is 8.60. The highest BCUT2D eigenvalue weighted by Gasteiger charge is 2.32. The number of aromatic hydroxyl groups is 1. The third-order valence-electron chi connectivity index (χ3n) is 4.36. The molecule has 0 radical (unpaired) electrons. The number of amides is 2. The van der Waals surface area contributed by atoms with E-state index in [1.807, 2.05) is 0 Å². The van der Waals surface area contributed by atoms with Gasteiger partial charge >= 0.3 is 0 Å². The zero-order valence-electron chi connectivity index (χ0n) is 15.6. The van der Waals surface area contributed by atoms with Crippen LogP contribution >= 0.6 is 0 Å². The SMILES string of the molecule is COCCN1CN(C)n2cc(C(=O)NCc3ccccn3)c(=O)c(O)c2C1=O. The first-order valence-corrected chi connectivity index (χ1v) is 8.60. The molecule has 3 rings (SSSR count). The van der Waals surface area contributed by atoms with Crippen molar-refractivity contribution in [3.05, 3.63) is 57.8 Å². The lowest BCUT2D eigenvalue weighted by atomic mass is 10.1. The van der Waals surface area contributed by atoms with Gasteiger partial charge in [0.2, 0.25) is 5.43 Å². The lowest BCUT2D eigenvalue weighted by Gasteiger charge is -2.37. The minimum atomic E-state index is -0.903. The molecular weight excluding hydrogens is 366 g/mol. The Hall–Kier alpha value is -3.40. The summed E-state index contributed by atoms with van der Waals surface area (Å²) in [6.07, 6.45) is 2.85. The summed E-state index contributed by atoms with van der Waals surface area (Å²) in [5.41, 5.74) is -0.724. The van der Waals surface area contributed by atoms with E-state index in [1.165, 1.54) is 22.9 Å². The van der Waals surface area contributed by atoms with E-state index in [1.54, 1.807) is 36.5 Å². The van der Waals surface area contributed by atoms with E-state index in [9.17, 15) is 19.5 Å². The number of rotatable bonds is 6. The molecular formula is C18H21N5O5. The minimum absolute atomic E-state index is 0.126. The van der Waals surface area contributed by atoms with Crippen molar-refractivity contribution in [1.82, 2.24) is 19.9 Å². The topological polar surface area (TPSA) is 117 Å². The Labute approximate surface area is 160 Å². The van der Waals surface area contributed by atoms with Gasteiger partial charge in [-0.1, -0.05) is 6.07 Å². The molecule has 0 spiro atoms. The van der Waals surface area contributed by atoms with Crippen LogP contribution in [-0.4, -0.2) is 65.5 Å². The van der Waals surface area contributed by atoms with Crippen molar-refractivity contribution in [3.8, 4) is 5.75 Å². The quantitative estimate of drug-likeness (QED) is 0.687. The molecule has 1 aliphatic heterocycles. The van der Waals surface area contributed by atoms with Crippen LogP contribution in [0.1, 0.15) is 26.5 Å². The van der Waals surface area contributed by atoms with Crippen molar-refractivity contribution >= 4 is 11.8 Å². The Morgan fingerprint density at radius 1 is 1.36 bits per heavy atom. The summed E-state index contributed by atoms with van der Waals surface area (Å²) in [5, 5.41) is 14.6. The molecule has 0 unspecified atom stereocenters. The summed E-state index contributed by atoms with van der Waals surface area (Å²) in [4.78, 5) is 43.2. The Morgan fingerprint density at radius 2 is 2.14 bits per heavy atom. The predicted molar refractivity (Wildman–Crippen MR) is 99.7 cm³/mol. The van der Waals surface area contributed by atoms with E-state index in [4.69, 9.17) is 4.74 Å². The van der Waals surface area contributed by atoms with Gasteiger partial charge in [0.25, 0.3) is 11.8 Å². The standard InChI is InChI=1S/C18H21N5O5/c1-21-11-22(7-8-28-2)18(27)14-16(25)15(24)13(10-23(14)21)17(26)20-9-12-5-3-4-6-19-12/h3-6,10,25H,7-9,11H2,1-2H3,(H,20,26). The van der Waals surface area contributed by atoms with E-state index in [-0.39, 0.29) is 24.5 Å². The number of pyridine rings is 2. The maximum atomic E-state index is 12.6. The van der Waals surface area contributed by atoms with Gasteiger partial charge in [-0.25, -0.2) is 0 Å². The smallest absolute Gasteiger partial charge is 0.277 e. The van der Waals surface area contributed by atoms with Crippen LogP contribution in [0.15, 0.2) is 35.4 Å². The highest BCUT2D eigenvalue weighted by Crippen LogP contribution is 2.20. The van der Waals surface area contributed by atoms with Gasteiger partial charge < -0.3 is 20.1 Å². The van der Waals surface area contributed by atoms with Crippen molar-refractivity contribution in [2.24, 2.45) is 0 Å². The third-order valence-corrected chi connectivity index (χ3v) is 4.36. The van der Waals surface area contributed by atoms with Crippen LogP contribution in [0.3, 0.4) is 0 Å². The van der Waals surface area contributed by atoms with Crippen LogP contribution in [0.4, 0.5) is 0 Å². The van der Waals surface area contributed by atoms with E-state index < -0.39 is 23.0 Å². The number of carbonyl (C=O) groups is 2. The van der Waals surface area contributed by atoms with Crippen molar-refractivity contribution in [1.29, 1.82) is 0 Å². The van der Waals surface area contributed by atoms with Gasteiger partial charge in [-0.15, -0.1) is 0 Å². The van der Waals surface area contributed by atoms with Crippen LogP contribution in [0.2, 0.25) is 0 Å². The molecule has 28 heavy (non-hydrogen) atoms. The fourth-order valence-corrected chi connectivity index (χ4v) is 2.89.